The fourth-order valence-corrected chi connectivity index (χ4v) is 9.61. The minimum atomic E-state index is 0.925. The maximum Gasteiger partial charge on any atom is 0.136 e. The number of fused-ring (bicyclic) bond motifs is 7. The van der Waals surface area contributed by atoms with E-state index in [-0.39, 0.29) is 0 Å². The normalized spacial score (nSPS) is 12.0. The van der Waals surface area contributed by atoms with Crippen LogP contribution < -0.4 is 0 Å². The molecule has 1 nitrogen and oxygen atoms in total. The molecule has 266 valence electrons. The number of benzene rings is 9. The maximum absolute atomic E-state index is 6.71. The van der Waals surface area contributed by atoms with E-state index < -0.39 is 0 Å². The second-order valence-electron chi connectivity index (χ2n) is 15.9. The summed E-state index contributed by atoms with van der Waals surface area (Å²) in [6.45, 7) is 18.6. The van der Waals surface area contributed by atoms with E-state index in [4.69, 9.17) is 4.42 Å². The largest absolute Gasteiger partial charge is 0.456 e. The second kappa shape index (κ2) is 12.2. The van der Waals surface area contributed by atoms with Gasteiger partial charge < -0.3 is 4.42 Å². The van der Waals surface area contributed by atoms with Gasteiger partial charge in [0, 0.05) is 10.8 Å². The third-order valence-corrected chi connectivity index (χ3v) is 13.2. The summed E-state index contributed by atoms with van der Waals surface area (Å²) >= 11 is 0. The highest BCUT2D eigenvalue weighted by Gasteiger charge is 2.27. The zero-order valence-electron chi connectivity index (χ0n) is 33.0. The van der Waals surface area contributed by atoms with Gasteiger partial charge in [-0.15, -0.1) is 0 Å². The van der Waals surface area contributed by atoms with Crippen molar-refractivity contribution in [1.82, 2.24) is 0 Å². The molecule has 0 aliphatic heterocycles. The second-order valence-corrected chi connectivity index (χ2v) is 15.9. The number of aryl methyl sites for hydroxylation is 4. The Morgan fingerprint density at radius 3 is 1.40 bits per heavy atom. The van der Waals surface area contributed by atoms with E-state index >= 15 is 0 Å². The highest BCUT2D eigenvalue weighted by atomic mass is 16.3. The molecule has 0 saturated heterocycles. The van der Waals surface area contributed by atoms with Gasteiger partial charge in [0.15, 0.2) is 0 Å². The van der Waals surface area contributed by atoms with E-state index in [0.717, 1.165) is 16.6 Å². The van der Waals surface area contributed by atoms with Crippen LogP contribution in [0.4, 0.5) is 0 Å². The first-order valence-electron chi connectivity index (χ1n) is 19.5. The SMILES string of the molecule is Cc1c(C)c(C)c2c(-c3cccc4oc5cc6ccccc6cc5c34)c3c(C)c(C)c(C)c(C)c3c(-c3ccc4cc(-c5ccccc5)ccc4c3)c2c1C. The molecule has 1 heteroatoms. The molecule has 0 aliphatic rings. The van der Waals surface area contributed by atoms with Crippen LogP contribution in [0.1, 0.15) is 44.5 Å². The number of rotatable bonds is 3. The third-order valence-electron chi connectivity index (χ3n) is 13.2. The first-order chi connectivity index (χ1) is 26.6. The maximum atomic E-state index is 6.71. The molecule has 9 aromatic carbocycles. The van der Waals surface area contributed by atoms with Crippen molar-refractivity contribution in [2.75, 3.05) is 0 Å². The van der Waals surface area contributed by atoms with E-state index in [0.29, 0.717) is 0 Å². The van der Waals surface area contributed by atoms with Crippen LogP contribution in [0.5, 0.6) is 0 Å². The van der Waals surface area contributed by atoms with Gasteiger partial charge in [0.05, 0.1) is 0 Å². The Balaban J connectivity index is 1.39. The standard InChI is InChI=1S/C54H44O/c1-29-31(3)35(7)50-48(33(29)5)52(43-24-23-41-25-40(21-22-42(41)26-43)37-15-10-9-11-16-37)49-34(6)30(2)32(4)36(8)51(49)54(50)44-19-14-20-46-53(44)45-27-38-17-12-13-18-39(38)28-47(45)55-46/h9-28H,1-8H3. The summed E-state index contributed by atoms with van der Waals surface area (Å²) in [6, 6.07) is 44.5. The van der Waals surface area contributed by atoms with Crippen LogP contribution in [0.15, 0.2) is 126 Å². The molecule has 0 unspecified atom stereocenters. The molecular formula is C54H44O. The van der Waals surface area contributed by atoms with Crippen LogP contribution in [-0.2, 0) is 0 Å². The Morgan fingerprint density at radius 2 is 0.800 bits per heavy atom. The van der Waals surface area contributed by atoms with Gasteiger partial charge in [0.1, 0.15) is 11.2 Å². The van der Waals surface area contributed by atoms with Gasteiger partial charge in [0.2, 0.25) is 0 Å². The van der Waals surface area contributed by atoms with Crippen LogP contribution >= 0.6 is 0 Å². The molecule has 1 heterocycles. The van der Waals surface area contributed by atoms with E-state index in [9.17, 15) is 0 Å². The highest BCUT2D eigenvalue weighted by Crippen LogP contribution is 2.52. The van der Waals surface area contributed by atoms with Gasteiger partial charge in [-0.05, 0) is 207 Å². The fraction of sp³-hybridized carbons (Fsp3) is 0.148. The van der Waals surface area contributed by atoms with E-state index in [1.54, 1.807) is 0 Å². The van der Waals surface area contributed by atoms with Crippen LogP contribution in [0.2, 0.25) is 0 Å². The summed E-state index contributed by atoms with van der Waals surface area (Å²) in [7, 11) is 0. The van der Waals surface area contributed by atoms with Gasteiger partial charge in [-0.25, -0.2) is 0 Å². The zero-order chi connectivity index (χ0) is 37.9. The van der Waals surface area contributed by atoms with E-state index in [2.05, 4.69) is 177 Å². The van der Waals surface area contributed by atoms with Gasteiger partial charge in [0.25, 0.3) is 0 Å². The predicted molar refractivity (Wildman–Crippen MR) is 238 cm³/mol. The van der Waals surface area contributed by atoms with Crippen LogP contribution in [-0.4, -0.2) is 0 Å². The summed E-state index contributed by atoms with van der Waals surface area (Å²) in [4.78, 5) is 0. The Kier molecular flexibility index (Phi) is 7.39. The summed E-state index contributed by atoms with van der Waals surface area (Å²) in [6.07, 6.45) is 0. The molecule has 0 N–H and O–H groups in total. The molecule has 55 heavy (non-hydrogen) atoms. The van der Waals surface area contributed by atoms with Crippen LogP contribution in [0.3, 0.4) is 0 Å². The van der Waals surface area contributed by atoms with Crippen molar-refractivity contribution < 1.29 is 4.42 Å². The molecule has 0 amide bonds. The van der Waals surface area contributed by atoms with Gasteiger partial charge in [-0.3, -0.25) is 0 Å². The van der Waals surface area contributed by atoms with Gasteiger partial charge >= 0.3 is 0 Å². The van der Waals surface area contributed by atoms with Crippen LogP contribution in [0.25, 0.3) is 98.4 Å². The molecule has 0 aliphatic carbocycles. The lowest BCUT2D eigenvalue weighted by atomic mass is 9.76. The summed E-state index contributed by atoms with van der Waals surface area (Å²) in [5.41, 5.74) is 20.3. The molecule has 0 radical (unpaired) electrons. The number of hydrogen-bond acceptors (Lipinski definition) is 1. The molecule has 0 spiro atoms. The molecular weight excluding hydrogens is 665 g/mol. The molecule has 0 bridgehead atoms. The molecule has 0 saturated carbocycles. The molecule has 0 fully saturated rings. The lowest BCUT2D eigenvalue weighted by Crippen LogP contribution is -2.03. The number of furan rings is 1. The van der Waals surface area contributed by atoms with Crippen molar-refractivity contribution in [2.45, 2.75) is 55.4 Å². The van der Waals surface area contributed by atoms with E-state index in [1.807, 2.05) is 0 Å². The Labute approximate surface area is 322 Å². The average Bonchev–Trinajstić information content (AvgIpc) is 3.59. The van der Waals surface area contributed by atoms with Crippen molar-refractivity contribution in [3.63, 3.8) is 0 Å². The van der Waals surface area contributed by atoms with Crippen molar-refractivity contribution in [2.24, 2.45) is 0 Å². The Bertz CT molecular complexity index is 3180. The lowest BCUT2D eigenvalue weighted by molar-refractivity contribution is 0.669. The molecule has 10 rings (SSSR count). The zero-order valence-corrected chi connectivity index (χ0v) is 33.0. The summed E-state index contributed by atoms with van der Waals surface area (Å²) in [5.74, 6) is 0. The van der Waals surface area contributed by atoms with Crippen molar-refractivity contribution in [3.8, 4) is 33.4 Å². The minimum Gasteiger partial charge on any atom is -0.456 e. The third kappa shape index (κ3) is 4.79. The smallest absolute Gasteiger partial charge is 0.136 e. The van der Waals surface area contributed by atoms with E-state index in [1.165, 1.54) is 126 Å². The Hall–Kier alpha value is -6.18. The quantitative estimate of drug-likeness (QED) is 0.167. The average molecular weight is 709 g/mol. The van der Waals surface area contributed by atoms with Crippen LogP contribution in [0, 0.1) is 55.4 Å². The first-order valence-corrected chi connectivity index (χ1v) is 19.5. The first kappa shape index (κ1) is 33.4. The highest BCUT2D eigenvalue weighted by molar-refractivity contribution is 6.29. The predicted octanol–water partition coefficient (Wildman–Crippen LogP) is 15.7. The van der Waals surface area contributed by atoms with Crippen molar-refractivity contribution in [1.29, 1.82) is 0 Å². The summed E-state index contributed by atoms with van der Waals surface area (Å²) < 4.78 is 6.71. The molecule has 10 aromatic rings. The monoisotopic (exact) mass is 708 g/mol. The topological polar surface area (TPSA) is 13.1 Å². The van der Waals surface area contributed by atoms with Gasteiger partial charge in [-0.1, -0.05) is 91.0 Å². The summed E-state index contributed by atoms with van der Waals surface area (Å²) in [5, 5.41) is 12.7. The fourth-order valence-electron chi connectivity index (χ4n) is 9.61. The van der Waals surface area contributed by atoms with Gasteiger partial charge in [-0.2, -0.15) is 0 Å². The minimum absolute atomic E-state index is 0.925. The van der Waals surface area contributed by atoms with Crippen molar-refractivity contribution >= 4 is 65.0 Å². The lowest BCUT2D eigenvalue weighted by Gasteiger charge is -2.27. The molecule has 1 aromatic heterocycles. The molecule has 0 atom stereocenters. The number of hydrogen-bond donors (Lipinski definition) is 0. The Morgan fingerprint density at radius 1 is 0.309 bits per heavy atom. The van der Waals surface area contributed by atoms with Crippen molar-refractivity contribution in [3.05, 3.63) is 166 Å².